The lowest BCUT2D eigenvalue weighted by Gasteiger charge is -2.08. The summed E-state index contributed by atoms with van der Waals surface area (Å²) in [7, 11) is 0. The molecule has 0 fully saturated rings. The fourth-order valence-corrected chi connectivity index (χ4v) is 2.09. The molecule has 4 nitrogen and oxygen atoms in total. The highest BCUT2D eigenvalue weighted by atomic mass is 16.5. The molecule has 0 atom stereocenters. The molecule has 0 bridgehead atoms. The van der Waals surface area contributed by atoms with E-state index in [0.717, 1.165) is 5.56 Å². The fourth-order valence-electron chi connectivity index (χ4n) is 2.09. The zero-order valence-electron chi connectivity index (χ0n) is 14.0. The largest absolute Gasteiger partial charge is 0.462 e. The predicted molar refractivity (Wildman–Crippen MR) is 92.0 cm³/mol. The lowest BCUT2D eigenvalue weighted by Crippen LogP contribution is -2.12. The molecule has 0 N–H and O–H groups in total. The van der Waals surface area contributed by atoms with Crippen molar-refractivity contribution in [2.24, 2.45) is 5.92 Å². The van der Waals surface area contributed by atoms with E-state index < -0.39 is 11.9 Å². The highest BCUT2D eigenvalue weighted by molar-refractivity contribution is 5.95. The van der Waals surface area contributed by atoms with Crippen LogP contribution in [0, 0.1) is 5.92 Å². The first-order valence-corrected chi connectivity index (χ1v) is 8.04. The number of benzene rings is 2. The van der Waals surface area contributed by atoms with Crippen molar-refractivity contribution < 1.29 is 19.1 Å². The number of hydrogen-bond acceptors (Lipinski definition) is 4. The van der Waals surface area contributed by atoms with E-state index in [1.807, 2.05) is 44.2 Å². The summed E-state index contributed by atoms with van der Waals surface area (Å²) >= 11 is 0. The third-order valence-corrected chi connectivity index (χ3v) is 3.35. The second-order valence-electron chi connectivity index (χ2n) is 5.94. The monoisotopic (exact) mass is 326 g/mol. The summed E-state index contributed by atoms with van der Waals surface area (Å²) in [5, 5.41) is 0. The zero-order valence-corrected chi connectivity index (χ0v) is 14.0. The van der Waals surface area contributed by atoms with E-state index in [2.05, 4.69) is 0 Å². The minimum absolute atomic E-state index is 0.264. The number of rotatable bonds is 7. The average Bonchev–Trinajstić information content (AvgIpc) is 2.60. The van der Waals surface area contributed by atoms with Crippen molar-refractivity contribution >= 4 is 11.9 Å². The Balaban J connectivity index is 1.90. The van der Waals surface area contributed by atoms with E-state index in [4.69, 9.17) is 9.47 Å². The minimum Gasteiger partial charge on any atom is -0.462 e. The van der Waals surface area contributed by atoms with Gasteiger partial charge in [0.1, 0.15) is 0 Å². The summed E-state index contributed by atoms with van der Waals surface area (Å²) in [6.45, 7) is 4.58. The van der Waals surface area contributed by atoms with E-state index in [0.29, 0.717) is 30.8 Å². The van der Waals surface area contributed by atoms with Gasteiger partial charge >= 0.3 is 11.9 Å². The molecular weight excluding hydrogens is 304 g/mol. The lowest BCUT2D eigenvalue weighted by atomic mass is 10.1. The Morgan fingerprint density at radius 3 is 2.12 bits per heavy atom. The molecule has 126 valence electrons. The first-order chi connectivity index (χ1) is 11.6. The van der Waals surface area contributed by atoms with Crippen LogP contribution in [0.2, 0.25) is 0 Å². The van der Waals surface area contributed by atoms with Crippen LogP contribution in [-0.2, 0) is 15.9 Å². The van der Waals surface area contributed by atoms with Crippen molar-refractivity contribution in [3.05, 3.63) is 71.3 Å². The minimum atomic E-state index is -0.440. The van der Waals surface area contributed by atoms with Crippen LogP contribution in [-0.4, -0.2) is 25.2 Å². The molecule has 0 aliphatic carbocycles. The summed E-state index contributed by atoms with van der Waals surface area (Å²) in [6, 6.07) is 16.2. The molecular formula is C20H22O4. The smallest absolute Gasteiger partial charge is 0.338 e. The maximum atomic E-state index is 12.1. The van der Waals surface area contributed by atoms with Gasteiger partial charge in [-0.1, -0.05) is 50.2 Å². The van der Waals surface area contributed by atoms with E-state index in [1.54, 1.807) is 18.2 Å². The molecule has 0 saturated carbocycles. The van der Waals surface area contributed by atoms with Crippen LogP contribution in [0.25, 0.3) is 0 Å². The average molecular weight is 326 g/mol. The van der Waals surface area contributed by atoms with Gasteiger partial charge < -0.3 is 9.47 Å². The molecule has 24 heavy (non-hydrogen) atoms. The van der Waals surface area contributed by atoms with Crippen LogP contribution >= 0.6 is 0 Å². The Kier molecular flexibility index (Phi) is 6.55. The van der Waals surface area contributed by atoms with E-state index in [-0.39, 0.29) is 5.92 Å². The molecule has 2 aromatic carbocycles. The first kappa shape index (κ1) is 17.7. The molecule has 0 radical (unpaired) electrons. The summed E-state index contributed by atoms with van der Waals surface area (Å²) in [6.07, 6.45) is 0.655. The Morgan fingerprint density at radius 1 is 0.875 bits per heavy atom. The van der Waals surface area contributed by atoms with Crippen LogP contribution in [0.1, 0.15) is 40.1 Å². The van der Waals surface area contributed by atoms with Crippen molar-refractivity contribution in [2.45, 2.75) is 20.3 Å². The van der Waals surface area contributed by atoms with Gasteiger partial charge in [-0.25, -0.2) is 9.59 Å². The highest BCUT2D eigenvalue weighted by Crippen LogP contribution is 2.10. The van der Waals surface area contributed by atoms with Gasteiger partial charge in [-0.2, -0.15) is 0 Å². The lowest BCUT2D eigenvalue weighted by molar-refractivity contribution is 0.0459. The second kappa shape index (κ2) is 8.87. The maximum Gasteiger partial charge on any atom is 0.338 e. The van der Waals surface area contributed by atoms with Gasteiger partial charge in [-0.15, -0.1) is 0 Å². The van der Waals surface area contributed by atoms with Crippen LogP contribution in [0.5, 0.6) is 0 Å². The zero-order chi connectivity index (χ0) is 17.4. The van der Waals surface area contributed by atoms with Gasteiger partial charge in [0, 0.05) is 6.42 Å². The van der Waals surface area contributed by atoms with Crippen molar-refractivity contribution in [2.75, 3.05) is 13.2 Å². The van der Waals surface area contributed by atoms with E-state index in [9.17, 15) is 9.59 Å². The molecule has 2 aromatic rings. The van der Waals surface area contributed by atoms with E-state index in [1.165, 1.54) is 6.07 Å². The third kappa shape index (κ3) is 5.54. The van der Waals surface area contributed by atoms with Gasteiger partial charge in [-0.05, 0) is 29.7 Å². The van der Waals surface area contributed by atoms with Crippen LogP contribution < -0.4 is 0 Å². The Morgan fingerprint density at radius 2 is 1.50 bits per heavy atom. The summed E-state index contributed by atoms with van der Waals surface area (Å²) in [5.74, 6) is -0.604. The van der Waals surface area contributed by atoms with Crippen molar-refractivity contribution in [3.8, 4) is 0 Å². The molecule has 0 saturated heterocycles. The molecule has 0 amide bonds. The highest BCUT2D eigenvalue weighted by Gasteiger charge is 2.13. The van der Waals surface area contributed by atoms with Gasteiger partial charge in [0.15, 0.2) is 0 Å². The SMILES string of the molecule is CC(C)COC(=O)c1cccc(C(=O)OCCc2ccccc2)c1. The Hall–Kier alpha value is -2.62. The third-order valence-electron chi connectivity index (χ3n) is 3.35. The molecule has 0 aliphatic rings. The molecule has 0 spiro atoms. The second-order valence-corrected chi connectivity index (χ2v) is 5.94. The van der Waals surface area contributed by atoms with Crippen molar-refractivity contribution in [1.82, 2.24) is 0 Å². The van der Waals surface area contributed by atoms with Crippen molar-refractivity contribution in [1.29, 1.82) is 0 Å². The standard InChI is InChI=1S/C20H22O4/c1-15(2)14-24-20(22)18-10-6-9-17(13-18)19(21)23-12-11-16-7-4-3-5-8-16/h3-10,13,15H,11-12,14H2,1-2H3. The Bertz CT molecular complexity index is 677. The molecule has 0 aromatic heterocycles. The van der Waals surface area contributed by atoms with Crippen LogP contribution in [0.4, 0.5) is 0 Å². The maximum absolute atomic E-state index is 12.1. The van der Waals surface area contributed by atoms with Crippen molar-refractivity contribution in [3.63, 3.8) is 0 Å². The number of carbonyl (C=O) groups excluding carboxylic acids is 2. The van der Waals surface area contributed by atoms with Crippen LogP contribution in [0.3, 0.4) is 0 Å². The number of carbonyl (C=O) groups is 2. The quantitative estimate of drug-likeness (QED) is 0.724. The van der Waals surface area contributed by atoms with Gasteiger partial charge in [0.05, 0.1) is 24.3 Å². The van der Waals surface area contributed by atoms with E-state index >= 15 is 0 Å². The predicted octanol–water partition coefficient (Wildman–Crippen LogP) is 3.90. The number of ether oxygens (including phenoxy) is 2. The van der Waals surface area contributed by atoms with Crippen LogP contribution in [0.15, 0.2) is 54.6 Å². The summed E-state index contributed by atoms with van der Waals surface area (Å²) in [5.41, 5.74) is 1.81. The molecule has 0 heterocycles. The molecule has 2 rings (SSSR count). The van der Waals surface area contributed by atoms with Gasteiger partial charge in [-0.3, -0.25) is 0 Å². The summed E-state index contributed by atoms with van der Waals surface area (Å²) < 4.78 is 10.4. The van der Waals surface area contributed by atoms with Gasteiger partial charge in [0.25, 0.3) is 0 Å². The molecule has 0 unspecified atom stereocenters. The number of hydrogen-bond donors (Lipinski definition) is 0. The molecule has 4 heteroatoms. The molecule has 0 aliphatic heterocycles. The fraction of sp³-hybridized carbons (Fsp3) is 0.300. The normalized spacial score (nSPS) is 10.5. The van der Waals surface area contributed by atoms with Gasteiger partial charge in [0.2, 0.25) is 0 Å². The Labute approximate surface area is 142 Å². The number of esters is 2. The first-order valence-electron chi connectivity index (χ1n) is 8.04. The topological polar surface area (TPSA) is 52.6 Å². The summed E-state index contributed by atoms with van der Waals surface area (Å²) in [4.78, 5) is 24.1.